The van der Waals surface area contributed by atoms with Gasteiger partial charge < -0.3 is 29.5 Å². The van der Waals surface area contributed by atoms with Gasteiger partial charge >= 0.3 is 0 Å². The number of phenolic OH excluding ortho intramolecular Hbond substituents is 1. The number of methoxy groups -OCH3 is 2. The largest absolute Gasteiger partial charge is 0.504 e. The van der Waals surface area contributed by atoms with Crippen LogP contribution in [0.4, 0.5) is 5.82 Å². The lowest BCUT2D eigenvalue weighted by molar-refractivity contribution is 0.0947. The number of amides is 1. The Morgan fingerprint density at radius 3 is 2.33 bits per heavy atom. The molecule has 39 heavy (non-hydrogen) atoms. The molecule has 0 radical (unpaired) electrons. The number of pyridine rings is 1. The van der Waals surface area contributed by atoms with Crippen molar-refractivity contribution in [3.8, 4) is 34.3 Å². The summed E-state index contributed by atoms with van der Waals surface area (Å²) in [6.45, 7) is 4.04. The summed E-state index contributed by atoms with van der Waals surface area (Å²) >= 11 is 0. The number of hydrogen-bond acceptors (Lipinski definition) is 7. The van der Waals surface area contributed by atoms with Crippen molar-refractivity contribution in [3.63, 3.8) is 0 Å². The van der Waals surface area contributed by atoms with Gasteiger partial charge in [0.2, 0.25) is 5.75 Å². The van der Waals surface area contributed by atoms with E-state index in [2.05, 4.69) is 29.3 Å². The smallest absolute Gasteiger partial charge is 0.253 e. The fourth-order valence-corrected chi connectivity index (χ4v) is 4.21. The van der Waals surface area contributed by atoms with Crippen molar-refractivity contribution < 1.29 is 24.1 Å². The molecule has 0 aliphatic carbocycles. The number of aromatic hydroxyl groups is 1. The Hall–Kier alpha value is -4.72. The van der Waals surface area contributed by atoms with Crippen molar-refractivity contribution in [1.29, 1.82) is 0 Å². The van der Waals surface area contributed by atoms with Crippen molar-refractivity contribution in [2.45, 2.75) is 13.5 Å². The van der Waals surface area contributed by atoms with Crippen LogP contribution in [0.15, 0.2) is 84.9 Å². The molecule has 4 aromatic rings. The fraction of sp³-hybridized carbons (Fsp3) is 0.226. The van der Waals surface area contributed by atoms with E-state index in [1.807, 2.05) is 54.6 Å². The molecule has 8 heteroatoms. The second kappa shape index (κ2) is 13.2. The molecule has 0 unspecified atom stereocenters. The molecule has 0 aliphatic heterocycles. The summed E-state index contributed by atoms with van der Waals surface area (Å²) in [5.41, 5.74) is 2.44. The molecule has 0 bridgehead atoms. The molecule has 0 atom stereocenters. The van der Waals surface area contributed by atoms with Crippen LogP contribution < -0.4 is 24.4 Å². The third-order valence-corrected chi connectivity index (χ3v) is 6.18. The second-order valence-electron chi connectivity index (χ2n) is 8.71. The highest BCUT2D eigenvalue weighted by atomic mass is 16.5. The number of aromatic nitrogens is 1. The van der Waals surface area contributed by atoms with Crippen LogP contribution in [0.1, 0.15) is 22.8 Å². The van der Waals surface area contributed by atoms with E-state index in [1.165, 1.54) is 20.3 Å². The molecule has 0 fully saturated rings. The minimum Gasteiger partial charge on any atom is -0.504 e. The number of benzene rings is 3. The van der Waals surface area contributed by atoms with E-state index in [0.717, 1.165) is 11.3 Å². The normalized spacial score (nSPS) is 10.5. The minimum absolute atomic E-state index is 0.113. The highest BCUT2D eigenvalue weighted by Gasteiger charge is 2.21. The molecule has 0 saturated carbocycles. The summed E-state index contributed by atoms with van der Waals surface area (Å²) in [6, 6.07) is 26.4. The number of rotatable bonds is 12. The number of hydrogen-bond donors (Lipinski definition) is 2. The molecule has 3 aromatic carbocycles. The van der Waals surface area contributed by atoms with E-state index in [-0.39, 0.29) is 17.4 Å². The topological polar surface area (TPSA) is 93.2 Å². The monoisotopic (exact) mass is 527 g/mol. The van der Waals surface area contributed by atoms with E-state index in [4.69, 9.17) is 19.2 Å². The molecule has 0 aliphatic rings. The SMILES string of the molecule is CCN(Cc1ccccc1)c1ccc(C(=O)NCCOc2ccccc2)c(-c2cc(O)c(OC)c(OC)c2)n1. The Morgan fingerprint density at radius 2 is 1.67 bits per heavy atom. The van der Waals surface area contributed by atoms with Gasteiger partial charge in [-0.25, -0.2) is 4.98 Å². The van der Waals surface area contributed by atoms with Crippen LogP contribution in [-0.2, 0) is 6.54 Å². The number of phenols is 1. The number of anilines is 1. The first kappa shape index (κ1) is 27.3. The molecule has 1 aromatic heterocycles. The highest BCUT2D eigenvalue weighted by Crippen LogP contribution is 2.41. The molecule has 202 valence electrons. The Labute approximate surface area is 228 Å². The lowest BCUT2D eigenvalue weighted by Gasteiger charge is -2.24. The van der Waals surface area contributed by atoms with Crippen LogP contribution in [0.2, 0.25) is 0 Å². The van der Waals surface area contributed by atoms with Gasteiger partial charge in [0.1, 0.15) is 18.2 Å². The average Bonchev–Trinajstić information content (AvgIpc) is 2.98. The first-order valence-corrected chi connectivity index (χ1v) is 12.7. The minimum atomic E-state index is -0.305. The van der Waals surface area contributed by atoms with Crippen LogP contribution in [0.5, 0.6) is 23.0 Å². The Morgan fingerprint density at radius 1 is 0.949 bits per heavy atom. The number of nitrogens with one attached hydrogen (secondary N) is 1. The molecule has 8 nitrogen and oxygen atoms in total. The molecule has 2 N–H and O–H groups in total. The summed E-state index contributed by atoms with van der Waals surface area (Å²) in [7, 11) is 2.94. The third kappa shape index (κ3) is 6.78. The first-order chi connectivity index (χ1) is 19.0. The summed E-state index contributed by atoms with van der Waals surface area (Å²) < 4.78 is 16.4. The Bertz CT molecular complexity index is 1380. The van der Waals surface area contributed by atoms with Crippen molar-refractivity contribution in [2.75, 3.05) is 38.8 Å². The molecular formula is C31H33N3O5. The maximum Gasteiger partial charge on any atom is 0.253 e. The zero-order chi connectivity index (χ0) is 27.6. The zero-order valence-electron chi connectivity index (χ0n) is 22.4. The van der Waals surface area contributed by atoms with Crippen molar-refractivity contribution in [3.05, 3.63) is 96.1 Å². The van der Waals surface area contributed by atoms with Crippen LogP contribution >= 0.6 is 0 Å². The highest BCUT2D eigenvalue weighted by molar-refractivity contribution is 6.00. The third-order valence-electron chi connectivity index (χ3n) is 6.18. The standard InChI is InChI=1S/C31H33N3O5/c1-4-34(21-22-11-7-5-8-12-22)28-16-15-25(31(36)32-17-18-39-24-13-9-6-10-14-24)29(33-28)23-19-26(35)30(38-3)27(20-23)37-2/h5-16,19-20,35H,4,17-18,21H2,1-3H3,(H,32,36). The van der Waals surface area contributed by atoms with Gasteiger partial charge in [0.05, 0.1) is 32.0 Å². The maximum absolute atomic E-state index is 13.3. The van der Waals surface area contributed by atoms with Gasteiger partial charge in [0, 0.05) is 18.7 Å². The van der Waals surface area contributed by atoms with Gasteiger partial charge in [0.25, 0.3) is 5.91 Å². The number of para-hydroxylation sites is 1. The molecule has 1 amide bonds. The van der Waals surface area contributed by atoms with Gasteiger partial charge in [-0.05, 0) is 48.9 Å². The number of carbonyl (C=O) groups is 1. The van der Waals surface area contributed by atoms with E-state index in [9.17, 15) is 9.90 Å². The number of carbonyl (C=O) groups excluding carboxylic acids is 1. The predicted octanol–water partition coefficient (Wildman–Crippen LogP) is 5.31. The van der Waals surface area contributed by atoms with Gasteiger partial charge in [-0.1, -0.05) is 48.5 Å². The van der Waals surface area contributed by atoms with Crippen molar-refractivity contribution >= 4 is 11.7 Å². The summed E-state index contributed by atoms with van der Waals surface area (Å²) in [5.74, 6) is 1.56. The molecule has 4 rings (SSSR count). The number of nitrogens with zero attached hydrogens (tertiary/aromatic N) is 2. The molecular weight excluding hydrogens is 494 g/mol. The summed E-state index contributed by atoms with van der Waals surface area (Å²) in [5, 5.41) is 13.5. The van der Waals surface area contributed by atoms with Crippen molar-refractivity contribution in [1.82, 2.24) is 10.3 Å². The summed E-state index contributed by atoms with van der Waals surface area (Å²) in [4.78, 5) is 20.3. The summed E-state index contributed by atoms with van der Waals surface area (Å²) in [6.07, 6.45) is 0. The van der Waals surface area contributed by atoms with Crippen LogP contribution in [0.25, 0.3) is 11.3 Å². The Kier molecular flexibility index (Phi) is 9.24. The zero-order valence-corrected chi connectivity index (χ0v) is 22.4. The maximum atomic E-state index is 13.3. The van der Waals surface area contributed by atoms with Crippen molar-refractivity contribution in [2.24, 2.45) is 0 Å². The number of ether oxygens (including phenoxy) is 3. The van der Waals surface area contributed by atoms with Crippen LogP contribution in [-0.4, -0.2) is 49.9 Å². The first-order valence-electron chi connectivity index (χ1n) is 12.7. The van der Waals surface area contributed by atoms with Gasteiger partial charge in [-0.2, -0.15) is 0 Å². The van der Waals surface area contributed by atoms with E-state index < -0.39 is 0 Å². The molecule has 0 spiro atoms. The lowest BCUT2D eigenvalue weighted by atomic mass is 10.0. The second-order valence-corrected chi connectivity index (χ2v) is 8.71. The van der Waals surface area contributed by atoms with E-state index in [0.29, 0.717) is 54.6 Å². The van der Waals surface area contributed by atoms with Gasteiger partial charge in [-0.3, -0.25) is 4.79 Å². The van der Waals surface area contributed by atoms with E-state index in [1.54, 1.807) is 12.1 Å². The van der Waals surface area contributed by atoms with Gasteiger partial charge in [0.15, 0.2) is 11.5 Å². The van der Waals surface area contributed by atoms with Crippen LogP contribution in [0, 0.1) is 0 Å². The Balaban J connectivity index is 1.65. The molecule has 0 saturated heterocycles. The van der Waals surface area contributed by atoms with Gasteiger partial charge in [-0.15, -0.1) is 0 Å². The van der Waals surface area contributed by atoms with Crippen LogP contribution in [0.3, 0.4) is 0 Å². The fourth-order valence-electron chi connectivity index (χ4n) is 4.21. The quantitative estimate of drug-likeness (QED) is 0.241. The average molecular weight is 528 g/mol. The predicted molar refractivity (Wildman–Crippen MR) is 152 cm³/mol. The molecule has 1 heterocycles. The lowest BCUT2D eigenvalue weighted by Crippen LogP contribution is -2.29. The van der Waals surface area contributed by atoms with E-state index >= 15 is 0 Å².